The number of benzene rings is 12. The summed E-state index contributed by atoms with van der Waals surface area (Å²) in [6, 6.07) is 83.0. The van der Waals surface area contributed by atoms with Crippen molar-refractivity contribution in [2.45, 2.75) is 270 Å². The van der Waals surface area contributed by atoms with Crippen molar-refractivity contribution in [1.29, 1.82) is 0 Å². The number of aromatic nitrogens is 15. The molecule has 22 aromatic rings. The summed E-state index contributed by atoms with van der Waals surface area (Å²) in [5.41, 5.74) is 35.6. The molecule has 0 atom stereocenters. The summed E-state index contributed by atoms with van der Waals surface area (Å²) < 4.78 is 30.5. The zero-order chi connectivity index (χ0) is 105. The molecular weight excluding hydrogens is 1920 g/mol. The number of hydrogen-bond acceptors (Lipinski definition) is 10. The summed E-state index contributed by atoms with van der Waals surface area (Å²) in [5.74, 6) is 8.07. The van der Waals surface area contributed by atoms with Crippen LogP contribution < -0.4 is 22.8 Å². The molecule has 2 fully saturated rings. The molecule has 10 aromatic heterocycles. The molecule has 20 heteroatoms. The maximum Gasteiger partial charge on any atom is 0.292 e. The van der Waals surface area contributed by atoms with E-state index in [2.05, 4.69) is 472 Å². The van der Waals surface area contributed by atoms with Crippen molar-refractivity contribution in [3.8, 4) is 78.1 Å². The Morgan fingerprint density at radius 3 is 0.812 bits per heavy atom. The fraction of sp³-hybridized carbons (Fsp3) is 0.364. The molecular formula is C129H148N15S5+5. The Morgan fingerprint density at radius 1 is 0.262 bits per heavy atom. The van der Waals surface area contributed by atoms with Gasteiger partial charge in [-0.2, -0.15) is 0 Å². The maximum absolute atomic E-state index is 5.30. The summed E-state index contributed by atoms with van der Waals surface area (Å²) in [5, 5.41) is 6.09. The average molecular weight is 2070 g/mol. The van der Waals surface area contributed by atoms with Gasteiger partial charge in [0.1, 0.15) is 37.7 Å². The number of thiazole rings is 5. The minimum atomic E-state index is -0.0732. The van der Waals surface area contributed by atoms with Gasteiger partial charge < -0.3 is 0 Å². The molecule has 0 radical (unpaired) electrons. The number of hydrogen-bond donors (Lipinski definition) is 0. The van der Waals surface area contributed by atoms with Gasteiger partial charge >= 0.3 is 0 Å². The first-order valence-electron chi connectivity index (χ1n) is 53.6. The van der Waals surface area contributed by atoms with E-state index in [1.807, 2.05) is 40.1 Å². The fourth-order valence-electron chi connectivity index (χ4n) is 23.6. The topological polar surface area (TPSA) is 108 Å². The van der Waals surface area contributed by atoms with E-state index in [1.54, 1.807) is 22.7 Å². The molecule has 0 spiro atoms. The molecule has 0 unspecified atom stereocenters. The Kier molecular flexibility index (Phi) is 28.0. The van der Waals surface area contributed by atoms with E-state index in [1.165, 1.54) is 270 Å². The third kappa shape index (κ3) is 19.2. The predicted octanol–water partition coefficient (Wildman–Crippen LogP) is 32.9. The summed E-state index contributed by atoms with van der Waals surface area (Å²) in [6.07, 6.45) is 13.0. The fourth-order valence-corrected chi connectivity index (χ4v) is 29.2. The number of rotatable bonds is 11. The minimum Gasteiger partial charge on any atom is -0.240 e. The lowest BCUT2D eigenvalue weighted by Crippen LogP contribution is -2.33. The largest absolute Gasteiger partial charge is 0.292 e. The molecule has 2 aliphatic carbocycles. The van der Waals surface area contributed by atoms with Crippen LogP contribution in [0, 0.1) is 54.4 Å². The highest BCUT2D eigenvalue weighted by Crippen LogP contribution is 2.49. The number of imidazole rings is 5. The van der Waals surface area contributed by atoms with Crippen LogP contribution in [0.15, 0.2) is 231 Å². The Hall–Kier alpha value is -12.6. The van der Waals surface area contributed by atoms with Gasteiger partial charge in [0.2, 0.25) is 0 Å². The van der Waals surface area contributed by atoms with Gasteiger partial charge in [-0.3, -0.25) is 0 Å². The molecule has 764 valence electrons. The lowest BCUT2D eigenvalue weighted by molar-refractivity contribution is -0.634. The number of fused-ring (bicyclic) bond motifs is 10. The second kappa shape index (κ2) is 40.3. The SMILES string of the molecule is Cc1ccc2sc(-c3ccccc3)nc2c1-c1n(C(C)(C)C)c2ccccc2[n+]1C.Cc1ccc2sc(C3CCCC3)nc2c1-c1n(C(C)(C)C)c2ccccc2[n+]1C.Cc1ccc2sc(C3CCCCC3)nc2c1-c1n(C(C)(C)C)c2ccccc2[n+]1C.Cc1ccc2sc(CC(C)C)nc2c1-c1n(C(C)(C)C)c2ccccc2[n+]1C.Cc1cccc(C)c1-c1nc2c(-c3n(C(C)(C)C)c4ccccc4[n+]3C)c(C)ccc2s1. The number of nitrogens with zero attached hydrogens (tertiary/aromatic N) is 15. The van der Waals surface area contributed by atoms with Crippen LogP contribution in [0.4, 0.5) is 0 Å². The highest BCUT2D eigenvalue weighted by Gasteiger charge is 2.43. The molecule has 10 heterocycles. The van der Waals surface area contributed by atoms with Crippen molar-refractivity contribution in [1.82, 2.24) is 47.8 Å². The van der Waals surface area contributed by atoms with Crippen molar-refractivity contribution in [3.63, 3.8) is 0 Å². The molecule has 24 rings (SSSR count). The molecule has 2 saturated carbocycles. The van der Waals surface area contributed by atoms with E-state index >= 15 is 0 Å². The first-order valence-corrected chi connectivity index (χ1v) is 57.7. The highest BCUT2D eigenvalue weighted by molar-refractivity contribution is 7.22. The molecule has 0 saturated heterocycles. The first-order chi connectivity index (χ1) is 70.9. The van der Waals surface area contributed by atoms with E-state index < -0.39 is 0 Å². The molecule has 149 heavy (non-hydrogen) atoms. The summed E-state index contributed by atoms with van der Waals surface area (Å²) in [7, 11) is 10.9. The molecule has 2 aliphatic rings. The van der Waals surface area contributed by atoms with Gasteiger partial charge in [-0.15, -0.1) is 56.7 Å². The van der Waals surface area contributed by atoms with Gasteiger partial charge in [0.05, 0.1) is 129 Å². The van der Waals surface area contributed by atoms with Crippen LogP contribution >= 0.6 is 56.7 Å². The predicted molar refractivity (Wildman–Crippen MR) is 633 cm³/mol. The molecule has 0 amide bonds. The third-order valence-corrected chi connectivity index (χ3v) is 35.9. The third-order valence-electron chi connectivity index (χ3n) is 30.4. The normalized spacial score (nSPS) is 13.7. The van der Waals surface area contributed by atoms with Crippen LogP contribution in [-0.4, -0.2) is 47.8 Å². The minimum absolute atomic E-state index is 0.0326. The highest BCUT2D eigenvalue weighted by atomic mass is 32.1. The zero-order valence-electron chi connectivity index (χ0n) is 93.0. The van der Waals surface area contributed by atoms with Crippen LogP contribution in [0.5, 0.6) is 0 Å². The standard InChI is InChI=1S/C28H30N3S.C26H32N3S.C26H26N3S.C25H30N3S.C24H30N3S/c1-17-11-10-12-18(2)23(17)26-29-25-22(32-26)16-15-19(3)24(25)27-30(7)20-13-8-9-14-21(20)31(27)28(4,5)6;2*1-17-15-16-21-23(27-24(30-21)18-11-7-6-8-12-18)22(17)25-28(5)19-13-9-10-14-20(19)29(25)26(2,3)4;1-16-14-15-20-22(26-23(29-20)17-10-6-7-11-17)21(16)24-27(5)18-12-8-9-13-19(18)28(24)25(2,3)4;1-15(2)14-20-25-22-19(28-20)13-12-16(3)21(22)23-26(7)17-10-8-9-11-18(17)27(23)24(4,5)6/h8-16H,1-7H3;9-10,13-16,18H,6-8,11-12H2,1-5H3;6-16H,1-5H3;8-9,12-15,17H,6-7,10-11H2,1-5H3;8-13,15H,14H2,1-7H3/q5*+1. The van der Waals surface area contributed by atoms with Crippen LogP contribution in [-0.2, 0) is 69.4 Å². The first kappa shape index (κ1) is 104. The van der Waals surface area contributed by atoms with Gasteiger partial charge in [-0.05, 0) is 314 Å². The van der Waals surface area contributed by atoms with Gasteiger partial charge in [0, 0.05) is 29.4 Å². The molecule has 0 aliphatic heterocycles. The van der Waals surface area contributed by atoms with Crippen LogP contribution in [0.2, 0.25) is 0 Å². The van der Waals surface area contributed by atoms with Crippen molar-refractivity contribution in [3.05, 3.63) is 284 Å². The molecule has 0 bridgehead atoms. The van der Waals surface area contributed by atoms with Crippen LogP contribution in [0.25, 0.3) is 184 Å². The van der Waals surface area contributed by atoms with Gasteiger partial charge in [-0.25, -0.2) is 70.6 Å². The second-order valence-electron chi connectivity index (χ2n) is 47.2. The molecule has 0 N–H and O–H groups in total. The van der Waals surface area contributed by atoms with Crippen molar-refractivity contribution < 1.29 is 22.8 Å². The molecule has 15 nitrogen and oxygen atoms in total. The number of para-hydroxylation sites is 10. The summed E-state index contributed by atoms with van der Waals surface area (Å²) in [4.78, 5) is 26.1. The quantitative estimate of drug-likeness (QED) is 0.120. The van der Waals surface area contributed by atoms with E-state index in [4.69, 9.17) is 24.9 Å². The van der Waals surface area contributed by atoms with E-state index in [0.29, 0.717) is 17.8 Å². The lowest BCUT2D eigenvalue weighted by atomic mass is 9.90. The van der Waals surface area contributed by atoms with Crippen molar-refractivity contribution in [2.24, 2.45) is 41.2 Å². The average Bonchev–Trinajstić information content (AvgIpc) is 1.60. The Bertz CT molecular complexity index is 8860. The van der Waals surface area contributed by atoms with Crippen LogP contribution in [0.3, 0.4) is 0 Å². The summed E-state index contributed by atoms with van der Waals surface area (Å²) >= 11 is 9.22. The lowest BCUT2D eigenvalue weighted by Gasteiger charge is -2.19. The van der Waals surface area contributed by atoms with Crippen molar-refractivity contribution >= 4 is 163 Å². The second-order valence-corrected chi connectivity index (χ2v) is 52.5. The van der Waals surface area contributed by atoms with Crippen LogP contribution in [0.1, 0.15) is 241 Å². The Morgan fingerprint density at radius 2 is 0.510 bits per heavy atom. The Labute approximate surface area is 900 Å². The van der Waals surface area contributed by atoms with E-state index in [-0.39, 0.29) is 27.7 Å². The van der Waals surface area contributed by atoms with Gasteiger partial charge in [0.25, 0.3) is 29.1 Å². The maximum atomic E-state index is 5.30. The smallest absolute Gasteiger partial charge is 0.240 e. The monoisotopic (exact) mass is 2070 g/mol. The summed E-state index contributed by atoms with van der Waals surface area (Å²) in [6.45, 7) is 54.2. The van der Waals surface area contributed by atoms with Gasteiger partial charge in [-0.1, -0.05) is 185 Å². The van der Waals surface area contributed by atoms with E-state index in [0.717, 1.165) is 33.0 Å². The van der Waals surface area contributed by atoms with E-state index in [9.17, 15) is 0 Å². The number of aryl methyl sites for hydroxylation is 12. The van der Waals surface area contributed by atoms with Gasteiger partial charge in [0.15, 0.2) is 55.2 Å². The molecule has 12 aromatic carbocycles. The van der Waals surface area contributed by atoms with Crippen molar-refractivity contribution in [2.75, 3.05) is 0 Å². The zero-order valence-corrected chi connectivity index (χ0v) is 97.1. The Balaban J connectivity index is 0.000000113.